The molecule has 0 saturated heterocycles. The van der Waals surface area contributed by atoms with Gasteiger partial charge in [-0.15, -0.1) is 0 Å². The minimum atomic E-state index is -1.20. The standard InChI is InChI=1S/C15H26BNO3/c1-13(2)17(14(3)4)11-8-12-19-16(18)20-15-9-6-5-7-10-15/h5-7,9-10,13-14,18H,8,11-12H2,1-4H3. The molecule has 1 N–H and O–H groups in total. The molecule has 5 heteroatoms. The second-order valence-electron chi connectivity index (χ2n) is 5.39. The Hall–Kier alpha value is -1.04. The van der Waals surface area contributed by atoms with E-state index in [0.717, 1.165) is 13.0 Å². The van der Waals surface area contributed by atoms with Crippen molar-refractivity contribution in [1.82, 2.24) is 4.90 Å². The minimum Gasteiger partial charge on any atom is -0.512 e. The molecular formula is C15H26BNO3. The summed E-state index contributed by atoms with van der Waals surface area (Å²) in [7, 11) is -1.20. The van der Waals surface area contributed by atoms with Crippen LogP contribution in [-0.4, -0.2) is 42.5 Å². The van der Waals surface area contributed by atoms with Crippen LogP contribution in [0.3, 0.4) is 0 Å². The molecule has 0 saturated carbocycles. The van der Waals surface area contributed by atoms with E-state index >= 15 is 0 Å². The van der Waals surface area contributed by atoms with E-state index in [9.17, 15) is 5.02 Å². The summed E-state index contributed by atoms with van der Waals surface area (Å²) >= 11 is 0. The highest BCUT2D eigenvalue weighted by atomic mass is 16.7. The largest absolute Gasteiger partial charge is 0.710 e. The zero-order chi connectivity index (χ0) is 15.0. The first-order valence-corrected chi connectivity index (χ1v) is 7.28. The molecule has 1 aromatic carbocycles. The fourth-order valence-electron chi connectivity index (χ4n) is 2.19. The van der Waals surface area contributed by atoms with E-state index in [2.05, 4.69) is 32.6 Å². The van der Waals surface area contributed by atoms with Crippen LogP contribution in [0.25, 0.3) is 0 Å². The zero-order valence-corrected chi connectivity index (χ0v) is 13.0. The van der Waals surface area contributed by atoms with Gasteiger partial charge in [0.25, 0.3) is 0 Å². The summed E-state index contributed by atoms with van der Waals surface area (Å²) in [6, 6.07) is 10.2. The minimum absolute atomic E-state index is 0.476. The first-order chi connectivity index (χ1) is 9.50. The Morgan fingerprint density at radius 2 is 1.70 bits per heavy atom. The van der Waals surface area contributed by atoms with Crippen LogP contribution in [-0.2, 0) is 4.65 Å². The fourth-order valence-corrected chi connectivity index (χ4v) is 2.19. The van der Waals surface area contributed by atoms with Gasteiger partial charge in [-0.2, -0.15) is 0 Å². The molecule has 0 fully saturated rings. The maximum absolute atomic E-state index is 9.63. The highest BCUT2D eigenvalue weighted by Gasteiger charge is 2.18. The van der Waals surface area contributed by atoms with Gasteiger partial charge >= 0.3 is 7.32 Å². The number of nitrogens with zero attached hydrogens (tertiary/aromatic N) is 1. The summed E-state index contributed by atoms with van der Waals surface area (Å²) in [5.74, 6) is 0.603. The Balaban J connectivity index is 2.20. The lowest BCUT2D eigenvalue weighted by Crippen LogP contribution is -2.38. The van der Waals surface area contributed by atoms with Crippen molar-refractivity contribution in [3.63, 3.8) is 0 Å². The quantitative estimate of drug-likeness (QED) is 0.557. The second kappa shape index (κ2) is 9.00. The van der Waals surface area contributed by atoms with Gasteiger partial charge in [0.15, 0.2) is 0 Å². The van der Waals surface area contributed by atoms with Crippen LogP contribution < -0.4 is 4.65 Å². The van der Waals surface area contributed by atoms with Gasteiger partial charge in [0.2, 0.25) is 0 Å². The third-order valence-electron chi connectivity index (χ3n) is 3.13. The molecule has 0 aromatic heterocycles. The first kappa shape index (κ1) is 17.0. The van der Waals surface area contributed by atoms with Crippen LogP contribution in [0.15, 0.2) is 30.3 Å². The molecule has 0 heterocycles. The summed E-state index contributed by atoms with van der Waals surface area (Å²) in [4.78, 5) is 2.40. The van der Waals surface area contributed by atoms with E-state index in [1.54, 1.807) is 12.1 Å². The normalized spacial score (nSPS) is 11.4. The molecule has 0 unspecified atom stereocenters. The van der Waals surface area contributed by atoms with Gasteiger partial charge in [-0.3, -0.25) is 4.90 Å². The van der Waals surface area contributed by atoms with Crippen molar-refractivity contribution in [1.29, 1.82) is 0 Å². The van der Waals surface area contributed by atoms with E-state index in [1.165, 1.54) is 0 Å². The molecule has 0 aliphatic heterocycles. The van der Waals surface area contributed by atoms with Crippen molar-refractivity contribution >= 4 is 7.32 Å². The molecule has 4 nitrogen and oxygen atoms in total. The van der Waals surface area contributed by atoms with Crippen molar-refractivity contribution in [2.75, 3.05) is 13.2 Å². The molecule has 0 aliphatic carbocycles. The Morgan fingerprint density at radius 1 is 1.10 bits per heavy atom. The zero-order valence-electron chi connectivity index (χ0n) is 13.0. The van der Waals surface area contributed by atoms with Gasteiger partial charge in [-0.1, -0.05) is 18.2 Å². The third-order valence-corrected chi connectivity index (χ3v) is 3.13. The predicted octanol–water partition coefficient (Wildman–Crippen LogP) is 2.57. The lowest BCUT2D eigenvalue weighted by atomic mass is 10.2. The van der Waals surface area contributed by atoms with Crippen molar-refractivity contribution in [2.45, 2.75) is 46.2 Å². The SMILES string of the molecule is CC(C)N(CCCOB(O)Oc1ccccc1)C(C)C. The molecule has 0 atom stereocenters. The predicted molar refractivity (Wildman–Crippen MR) is 82.6 cm³/mol. The Labute approximate surface area is 122 Å². The Bertz CT molecular complexity index is 351. The van der Waals surface area contributed by atoms with E-state index in [4.69, 9.17) is 9.31 Å². The van der Waals surface area contributed by atoms with E-state index in [-0.39, 0.29) is 0 Å². The molecule has 112 valence electrons. The van der Waals surface area contributed by atoms with Gasteiger partial charge in [-0.05, 0) is 46.2 Å². The maximum atomic E-state index is 9.63. The van der Waals surface area contributed by atoms with Gasteiger partial charge in [0, 0.05) is 25.2 Å². The van der Waals surface area contributed by atoms with Crippen LogP contribution in [0.4, 0.5) is 0 Å². The van der Waals surface area contributed by atoms with E-state index in [1.807, 2.05) is 18.2 Å². The molecule has 0 radical (unpaired) electrons. The van der Waals surface area contributed by atoms with Gasteiger partial charge in [0.05, 0.1) is 0 Å². The highest BCUT2D eigenvalue weighted by molar-refractivity contribution is 6.35. The molecule has 0 aliphatic rings. The topological polar surface area (TPSA) is 41.9 Å². The van der Waals surface area contributed by atoms with Crippen molar-refractivity contribution in [3.05, 3.63) is 30.3 Å². The monoisotopic (exact) mass is 279 g/mol. The lowest BCUT2D eigenvalue weighted by Gasteiger charge is -2.30. The number of rotatable bonds is 9. The number of benzene rings is 1. The maximum Gasteiger partial charge on any atom is 0.710 e. The molecular weight excluding hydrogens is 253 g/mol. The average Bonchev–Trinajstić information content (AvgIpc) is 2.38. The first-order valence-electron chi connectivity index (χ1n) is 7.28. The summed E-state index contributed by atoms with van der Waals surface area (Å²) in [5, 5.41) is 9.63. The van der Waals surface area contributed by atoms with Crippen molar-refractivity contribution in [3.8, 4) is 5.75 Å². The average molecular weight is 279 g/mol. The van der Waals surface area contributed by atoms with Crippen LogP contribution in [0.2, 0.25) is 0 Å². The summed E-state index contributed by atoms with van der Waals surface area (Å²) < 4.78 is 10.5. The van der Waals surface area contributed by atoms with Gasteiger partial charge < -0.3 is 14.3 Å². The summed E-state index contributed by atoms with van der Waals surface area (Å²) in [5.41, 5.74) is 0. The summed E-state index contributed by atoms with van der Waals surface area (Å²) in [6.07, 6.45) is 0.867. The smallest absolute Gasteiger partial charge is 0.512 e. The number of para-hydroxylation sites is 1. The van der Waals surface area contributed by atoms with Crippen molar-refractivity contribution < 1.29 is 14.3 Å². The molecule has 0 bridgehead atoms. The summed E-state index contributed by atoms with van der Waals surface area (Å²) in [6.45, 7) is 10.2. The molecule has 1 rings (SSSR count). The van der Waals surface area contributed by atoms with Crippen LogP contribution in [0.5, 0.6) is 5.75 Å². The van der Waals surface area contributed by atoms with Gasteiger partial charge in [-0.25, -0.2) is 0 Å². The van der Waals surface area contributed by atoms with E-state index < -0.39 is 7.32 Å². The molecule has 0 amide bonds. The number of hydrogen-bond acceptors (Lipinski definition) is 4. The van der Waals surface area contributed by atoms with Crippen LogP contribution in [0.1, 0.15) is 34.1 Å². The van der Waals surface area contributed by atoms with Crippen molar-refractivity contribution in [2.24, 2.45) is 0 Å². The van der Waals surface area contributed by atoms with Crippen LogP contribution >= 0.6 is 0 Å². The number of hydrogen-bond donors (Lipinski definition) is 1. The Kier molecular flexibility index (Phi) is 7.66. The Morgan fingerprint density at radius 3 is 2.25 bits per heavy atom. The van der Waals surface area contributed by atoms with Crippen LogP contribution in [0, 0.1) is 0 Å². The highest BCUT2D eigenvalue weighted by Crippen LogP contribution is 2.09. The molecule has 1 aromatic rings. The fraction of sp³-hybridized carbons (Fsp3) is 0.600. The molecule has 0 spiro atoms. The second-order valence-corrected chi connectivity index (χ2v) is 5.39. The molecule has 20 heavy (non-hydrogen) atoms. The van der Waals surface area contributed by atoms with E-state index in [0.29, 0.717) is 24.4 Å². The lowest BCUT2D eigenvalue weighted by molar-refractivity contribution is 0.143. The van der Waals surface area contributed by atoms with Gasteiger partial charge in [0.1, 0.15) is 5.75 Å². The third kappa shape index (κ3) is 6.41.